The molecule has 4 nitrogen and oxygen atoms in total. The number of hydrogen-bond acceptors (Lipinski definition) is 3. The Labute approximate surface area is 126 Å². The van der Waals surface area contributed by atoms with Gasteiger partial charge in [0.1, 0.15) is 10.7 Å². The summed E-state index contributed by atoms with van der Waals surface area (Å²) in [4.78, 5) is -0.206. The van der Waals surface area contributed by atoms with E-state index in [1.807, 2.05) is 13.8 Å². The summed E-state index contributed by atoms with van der Waals surface area (Å²) in [5, 5.41) is 2.95. The van der Waals surface area contributed by atoms with Gasteiger partial charge in [0.2, 0.25) is 10.0 Å². The van der Waals surface area contributed by atoms with Crippen LogP contribution >= 0.6 is 0 Å². The first-order valence-corrected chi connectivity index (χ1v) is 8.76. The maximum atomic E-state index is 14.1. The smallest absolute Gasteiger partial charge is 0.246 e. The molecular formula is C15H23FN2O2S. The van der Waals surface area contributed by atoms with Crippen LogP contribution in [0, 0.1) is 11.7 Å². The molecule has 0 bridgehead atoms. The Balaban J connectivity index is 2.41. The lowest BCUT2D eigenvalue weighted by Crippen LogP contribution is -2.38. The zero-order valence-electron chi connectivity index (χ0n) is 12.8. The number of benzene rings is 1. The van der Waals surface area contributed by atoms with Crippen molar-refractivity contribution >= 4 is 10.0 Å². The molecule has 1 atom stereocenters. The number of nitrogens with zero attached hydrogens (tertiary/aromatic N) is 1. The minimum Gasteiger partial charge on any atom is -0.316 e. The van der Waals surface area contributed by atoms with Gasteiger partial charge in [0.15, 0.2) is 0 Å². The Morgan fingerprint density at radius 3 is 2.76 bits per heavy atom. The summed E-state index contributed by atoms with van der Waals surface area (Å²) in [6, 6.07) is 4.24. The molecule has 1 aromatic rings. The normalized spacial score (nSPS) is 20.3. The molecule has 2 rings (SSSR count). The van der Waals surface area contributed by atoms with Crippen molar-refractivity contribution in [2.45, 2.75) is 44.2 Å². The highest BCUT2D eigenvalue weighted by Crippen LogP contribution is 2.31. The molecular weight excluding hydrogens is 291 g/mol. The van der Waals surface area contributed by atoms with Gasteiger partial charge in [-0.15, -0.1) is 0 Å². The summed E-state index contributed by atoms with van der Waals surface area (Å²) in [6.45, 7) is 5.00. The minimum absolute atomic E-state index is 0.0395. The highest BCUT2D eigenvalue weighted by Gasteiger charge is 2.38. The van der Waals surface area contributed by atoms with Gasteiger partial charge < -0.3 is 5.32 Å². The first-order valence-electron chi connectivity index (χ1n) is 7.32. The molecule has 1 heterocycles. The number of rotatable bonds is 5. The van der Waals surface area contributed by atoms with Gasteiger partial charge in [-0.05, 0) is 43.5 Å². The van der Waals surface area contributed by atoms with Crippen LogP contribution in [0.5, 0.6) is 0 Å². The van der Waals surface area contributed by atoms with Gasteiger partial charge >= 0.3 is 0 Å². The molecule has 1 aromatic carbocycles. The lowest BCUT2D eigenvalue weighted by atomic mass is 10.0. The second-order valence-corrected chi connectivity index (χ2v) is 7.72. The Morgan fingerprint density at radius 1 is 1.43 bits per heavy atom. The first kappa shape index (κ1) is 16.4. The second kappa shape index (κ2) is 6.42. The number of hydrogen-bond donors (Lipinski definition) is 1. The molecule has 1 N–H and O–H groups in total. The second-order valence-electron chi connectivity index (χ2n) is 5.86. The maximum absolute atomic E-state index is 14.1. The van der Waals surface area contributed by atoms with E-state index >= 15 is 0 Å². The molecule has 0 saturated carbocycles. The van der Waals surface area contributed by atoms with E-state index in [4.69, 9.17) is 0 Å². The van der Waals surface area contributed by atoms with E-state index in [1.165, 1.54) is 16.4 Å². The Kier molecular flexibility index (Phi) is 5.01. The molecule has 1 aliphatic rings. The van der Waals surface area contributed by atoms with Gasteiger partial charge in [0.25, 0.3) is 0 Å². The summed E-state index contributed by atoms with van der Waals surface area (Å²) < 4.78 is 41.1. The van der Waals surface area contributed by atoms with Crippen molar-refractivity contribution in [3.05, 3.63) is 29.6 Å². The third-order valence-corrected chi connectivity index (χ3v) is 5.92. The highest BCUT2D eigenvalue weighted by atomic mass is 32.2. The molecule has 1 saturated heterocycles. The van der Waals surface area contributed by atoms with E-state index in [0.717, 1.165) is 18.4 Å². The van der Waals surface area contributed by atoms with Crippen LogP contribution < -0.4 is 5.32 Å². The van der Waals surface area contributed by atoms with Crippen molar-refractivity contribution in [3.63, 3.8) is 0 Å². The lowest BCUT2D eigenvalue weighted by Gasteiger charge is -2.27. The molecule has 1 aliphatic heterocycles. The molecule has 0 amide bonds. The summed E-state index contributed by atoms with van der Waals surface area (Å²) in [6.07, 6.45) is 1.68. The van der Waals surface area contributed by atoms with Gasteiger partial charge in [0.05, 0.1) is 0 Å². The topological polar surface area (TPSA) is 49.4 Å². The zero-order chi connectivity index (χ0) is 15.6. The average Bonchev–Trinajstić information content (AvgIpc) is 2.91. The van der Waals surface area contributed by atoms with Crippen LogP contribution in [0.1, 0.15) is 32.3 Å². The lowest BCUT2D eigenvalue weighted by molar-refractivity contribution is 0.314. The monoisotopic (exact) mass is 314 g/mol. The Bertz CT molecular complexity index is 602. The summed E-state index contributed by atoms with van der Waals surface area (Å²) >= 11 is 0. The highest BCUT2D eigenvalue weighted by molar-refractivity contribution is 7.89. The van der Waals surface area contributed by atoms with Crippen molar-refractivity contribution in [1.29, 1.82) is 0 Å². The largest absolute Gasteiger partial charge is 0.316 e. The van der Waals surface area contributed by atoms with Crippen LogP contribution in [0.25, 0.3) is 0 Å². The fraction of sp³-hybridized carbons (Fsp3) is 0.600. The van der Waals surface area contributed by atoms with Crippen LogP contribution in [0.3, 0.4) is 0 Å². The van der Waals surface area contributed by atoms with E-state index in [2.05, 4.69) is 5.32 Å². The van der Waals surface area contributed by atoms with E-state index in [0.29, 0.717) is 13.1 Å². The predicted octanol–water partition coefficient (Wildman–Crippen LogP) is 2.35. The van der Waals surface area contributed by atoms with Crippen LogP contribution in [0.15, 0.2) is 23.1 Å². The molecule has 6 heteroatoms. The van der Waals surface area contributed by atoms with Gasteiger partial charge in [-0.2, -0.15) is 4.31 Å². The van der Waals surface area contributed by atoms with Gasteiger partial charge in [-0.1, -0.05) is 19.9 Å². The molecule has 0 radical (unpaired) electrons. The predicted molar refractivity (Wildman–Crippen MR) is 80.9 cm³/mol. The minimum atomic E-state index is -3.77. The van der Waals surface area contributed by atoms with E-state index < -0.39 is 15.8 Å². The van der Waals surface area contributed by atoms with Crippen molar-refractivity contribution < 1.29 is 12.8 Å². The Morgan fingerprint density at radius 2 is 2.14 bits per heavy atom. The summed E-state index contributed by atoms with van der Waals surface area (Å²) in [7, 11) is -2.00. The average molecular weight is 314 g/mol. The number of sulfonamides is 1. The standard InChI is InChI=1S/C15H23FN2O2S/c1-11(2)14-5-4-8-18(14)21(19,20)15-9-12(10-17-3)6-7-13(15)16/h6-7,9,11,14,17H,4-5,8,10H2,1-3H3. The van der Waals surface area contributed by atoms with Crippen molar-refractivity contribution in [2.75, 3.05) is 13.6 Å². The van der Waals surface area contributed by atoms with E-state index in [-0.39, 0.29) is 16.9 Å². The van der Waals surface area contributed by atoms with Crippen LogP contribution in [0.2, 0.25) is 0 Å². The number of halogens is 1. The Hall–Kier alpha value is -0.980. The molecule has 0 spiro atoms. The third-order valence-electron chi connectivity index (χ3n) is 3.98. The van der Waals surface area contributed by atoms with Crippen molar-refractivity contribution in [1.82, 2.24) is 9.62 Å². The number of nitrogens with one attached hydrogen (secondary N) is 1. The fourth-order valence-corrected chi connectivity index (χ4v) is 4.86. The summed E-state index contributed by atoms with van der Waals surface area (Å²) in [5.41, 5.74) is 0.762. The van der Waals surface area contributed by atoms with Gasteiger partial charge in [-0.25, -0.2) is 12.8 Å². The van der Waals surface area contributed by atoms with Crippen LogP contribution in [-0.4, -0.2) is 32.4 Å². The first-order chi connectivity index (χ1) is 9.87. The van der Waals surface area contributed by atoms with Crippen LogP contribution in [-0.2, 0) is 16.6 Å². The zero-order valence-corrected chi connectivity index (χ0v) is 13.6. The van der Waals surface area contributed by atoms with Gasteiger partial charge in [-0.3, -0.25) is 0 Å². The molecule has 1 unspecified atom stereocenters. The molecule has 0 aliphatic carbocycles. The SMILES string of the molecule is CNCc1ccc(F)c(S(=O)(=O)N2CCCC2C(C)C)c1. The van der Waals surface area contributed by atoms with Crippen LogP contribution in [0.4, 0.5) is 4.39 Å². The molecule has 0 aromatic heterocycles. The van der Waals surface area contributed by atoms with Gasteiger partial charge in [0, 0.05) is 19.1 Å². The maximum Gasteiger partial charge on any atom is 0.246 e. The fourth-order valence-electron chi connectivity index (χ4n) is 2.92. The van der Waals surface area contributed by atoms with E-state index in [9.17, 15) is 12.8 Å². The van der Waals surface area contributed by atoms with Crippen molar-refractivity contribution in [2.24, 2.45) is 5.92 Å². The molecule has 118 valence electrons. The molecule has 1 fully saturated rings. The third kappa shape index (κ3) is 3.27. The summed E-state index contributed by atoms with van der Waals surface area (Å²) in [5.74, 6) is -0.449. The quantitative estimate of drug-likeness (QED) is 0.907. The molecule has 21 heavy (non-hydrogen) atoms. The van der Waals surface area contributed by atoms with Crippen molar-refractivity contribution in [3.8, 4) is 0 Å². The van der Waals surface area contributed by atoms with E-state index in [1.54, 1.807) is 13.1 Å².